The van der Waals surface area contributed by atoms with E-state index in [1.807, 2.05) is 35.9 Å². The Kier molecular flexibility index (Phi) is 4.70. The quantitative estimate of drug-likeness (QED) is 0.551. The molecule has 0 atom stereocenters. The molecule has 0 saturated heterocycles. The van der Waals surface area contributed by atoms with Crippen LogP contribution < -0.4 is 10.9 Å². The second-order valence-electron chi connectivity index (χ2n) is 8.24. The minimum atomic E-state index is -0.191. The lowest BCUT2D eigenvalue weighted by Gasteiger charge is -2.19. The summed E-state index contributed by atoms with van der Waals surface area (Å²) in [7, 11) is 1.86. The summed E-state index contributed by atoms with van der Waals surface area (Å²) in [5.74, 6) is 0.513. The number of nitrogens with zero attached hydrogens (tertiary/aromatic N) is 3. The van der Waals surface area contributed by atoms with Gasteiger partial charge in [-0.15, -0.1) is 0 Å². The van der Waals surface area contributed by atoms with Crippen LogP contribution in [0.15, 0.2) is 59.7 Å². The number of H-pyrrole nitrogens is 1. The zero-order valence-corrected chi connectivity index (χ0v) is 17.2. The number of imidazole rings is 1. The Balaban J connectivity index is 1.68. The third-order valence-electron chi connectivity index (χ3n) is 5.08. The monoisotopic (exact) mass is 387 g/mol. The molecule has 0 aliphatic rings. The first kappa shape index (κ1) is 18.9. The van der Waals surface area contributed by atoms with Crippen LogP contribution in [0, 0.1) is 0 Å². The van der Waals surface area contributed by atoms with Gasteiger partial charge in [-0.25, -0.2) is 9.97 Å². The summed E-state index contributed by atoms with van der Waals surface area (Å²) in [5.41, 5.74) is 5.04. The fraction of sp³-hybridized carbons (Fsp3) is 0.261. The zero-order valence-electron chi connectivity index (χ0n) is 17.2. The van der Waals surface area contributed by atoms with E-state index < -0.39 is 0 Å². The average molecular weight is 387 g/mol. The van der Waals surface area contributed by atoms with Gasteiger partial charge in [-0.2, -0.15) is 0 Å². The molecule has 0 aliphatic carbocycles. The van der Waals surface area contributed by atoms with Crippen LogP contribution in [0.25, 0.3) is 22.6 Å². The van der Waals surface area contributed by atoms with E-state index in [0.29, 0.717) is 23.5 Å². The number of aromatic amines is 1. The Bertz CT molecular complexity index is 1210. The molecule has 2 aromatic carbocycles. The van der Waals surface area contributed by atoms with Crippen LogP contribution in [0.3, 0.4) is 0 Å². The van der Waals surface area contributed by atoms with Gasteiger partial charge < -0.3 is 14.9 Å². The molecule has 0 saturated carbocycles. The summed E-state index contributed by atoms with van der Waals surface area (Å²) >= 11 is 0. The molecule has 2 heterocycles. The van der Waals surface area contributed by atoms with Gasteiger partial charge >= 0.3 is 0 Å². The maximum Gasteiger partial charge on any atom is 0.277 e. The van der Waals surface area contributed by atoms with E-state index in [-0.39, 0.29) is 11.0 Å². The largest absolute Gasteiger partial charge is 0.388 e. The molecule has 0 radical (unpaired) electrons. The SMILES string of the molecule is CNc1cccc(-c2nc3ncn(Cc4ccc(C(C)(C)C)cc4)c3c(=O)[nH]2)c1. The average Bonchev–Trinajstić information content (AvgIpc) is 3.11. The standard InChI is InChI=1S/C23H25N5O/c1-23(2,3)17-10-8-15(9-11-17)13-28-14-25-21-19(28)22(29)27-20(26-21)16-6-5-7-18(12-16)24-4/h5-12,14,24H,13H2,1-4H3,(H,26,27,29). The first-order valence-electron chi connectivity index (χ1n) is 9.68. The Morgan fingerprint density at radius 3 is 2.55 bits per heavy atom. The van der Waals surface area contributed by atoms with Gasteiger partial charge in [0.2, 0.25) is 0 Å². The lowest BCUT2D eigenvalue weighted by atomic mass is 9.87. The van der Waals surface area contributed by atoms with Crippen molar-refractivity contribution in [3.05, 3.63) is 76.3 Å². The Hall–Kier alpha value is -3.41. The Morgan fingerprint density at radius 2 is 1.86 bits per heavy atom. The van der Waals surface area contributed by atoms with Crippen LogP contribution in [0.1, 0.15) is 31.9 Å². The normalized spacial score (nSPS) is 11.7. The number of anilines is 1. The van der Waals surface area contributed by atoms with Crippen molar-refractivity contribution in [1.82, 2.24) is 19.5 Å². The Labute approximate surface area is 169 Å². The molecule has 0 aliphatic heterocycles. The second kappa shape index (κ2) is 7.20. The third kappa shape index (κ3) is 3.78. The van der Waals surface area contributed by atoms with Gasteiger partial charge in [0.05, 0.1) is 6.33 Å². The van der Waals surface area contributed by atoms with Crippen LogP contribution in [-0.2, 0) is 12.0 Å². The number of nitrogens with one attached hydrogen (secondary N) is 2. The maximum absolute atomic E-state index is 12.8. The number of hydrogen-bond donors (Lipinski definition) is 2. The molecule has 29 heavy (non-hydrogen) atoms. The van der Waals surface area contributed by atoms with Gasteiger partial charge in [0, 0.05) is 24.8 Å². The van der Waals surface area contributed by atoms with Crippen LogP contribution in [0.2, 0.25) is 0 Å². The summed E-state index contributed by atoms with van der Waals surface area (Å²) in [4.78, 5) is 24.7. The molecule has 6 nitrogen and oxygen atoms in total. The maximum atomic E-state index is 12.8. The summed E-state index contributed by atoms with van der Waals surface area (Å²) < 4.78 is 1.85. The molecule has 148 valence electrons. The van der Waals surface area contributed by atoms with Crippen LogP contribution in [0.4, 0.5) is 5.69 Å². The molecule has 4 rings (SSSR count). The highest BCUT2D eigenvalue weighted by atomic mass is 16.1. The molecule has 0 amide bonds. The topological polar surface area (TPSA) is 75.6 Å². The van der Waals surface area contributed by atoms with Gasteiger partial charge in [0.1, 0.15) is 5.82 Å². The lowest BCUT2D eigenvalue weighted by Crippen LogP contribution is -2.14. The van der Waals surface area contributed by atoms with E-state index in [4.69, 9.17) is 0 Å². The van der Waals surface area contributed by atoms with Crippen molar-refractivity contribution >= 4 is 16.9 Å². The molecule has 2 N–H and O–H groups in total. The van der Waals surface area contributed by atoms with Crippen molar-refractivity contribution in [2.45, 2.75) is 32.7 Å². The van der Waals surface area contributed by atoms with E-state index >= 15 is 0 Å². The van der Waals surface area contributed by atoms with Gasteiger partial charge in [0.25, 0.3) is 5.56 Å². The molecular weight excluding hydrogens is 362 g/mol. The van der Waals surface area contributed by atoms with Crippen molar-refractivity contribution in [1.29, 1.82) is 0 Å². The van der Waals surface area contributed by atoms with E-state index in [1.165, 1.54) is 5.56 Å². The first-order chi connectivity index (χ1) is 13.8. The number of benzene rings is 2. The number of fused-ring (bicyclic) bond motifs is 1. The second-order valence-corrected chi connectivity index (χ2v) is 8.24. The minimum absolute atomic E-state index is 0.113. The van der Waals surface area contributed by atoms with E-state index in [1.54, 1.807) is 6.33 Å². The zero-order chi connectivity index (χ0) is 20.6. The fourth-order valence-electron chi connectivity index (χ4n) is 3.37. The highest BCUT2D eigenvalue weighted by Crippen LogP contribution is 2.23. The van der Waals surface area contributed by atoms with Crippen LogP contribution in [0.5, 0.6) is 0 Å². The summed E-state index contributed by atoms with van der Waals surface area (Å²) in [5, 5.41) is 3.09. The van der Waals surface area contributed by atoms with Gasteiger partial charge in [-0.3, -0.25) is 4.79 Å². The van der Waals surface area contributed by atoms with Gasteiger partial charge in [-0.05, 0) is 28.7 Å². The molecule has 0 unspecified atom stereocenters. The van der Waals surface area contributed by atoms with Gasteiger partial charge in [-0.1, -0.05) is 57.2 Å². The smallest absolute Gasteiger partial charge is 0.277 e. The molecule has 2 aromatic heterocycles. The summed E-state index contributed by atoms with van der Waals surface area (Å²) in [6.45, 7) is 7.15. The van der Waals surface area contributed by atoms with E-state index in [2.05, 4.69) is 65.3 Å². The molecule has 0 fully saturated rings. The van der Waals surface area contributed by atoms with Crippen LogP contribution in [-0.4, -0.2) is 26.6 Å². The Morgan fingerprint density at radius 1 is 1.10 bits per heavy atom. The molecule has 0 bridgehead atoms. The number of aromatic nitrogens is 4. The molecule has 6 heteroatoms. The highest BCUT2D eigenvalue weighted by molar-refractivity contribution is 5.73. The van der Waals surface area contributed by atoms with Crippen LogP contribution >= 0.6 is 0 Å². The highest BCUT2D eigenvalue weighted by Gasteiger charge is 2.14. The minimum Gasteiger partial charge on any atom is -0.388 e. The predicted octanol–water partition coefficient (Wildman–Crippen LogP) is 4.17. The summed E-state index contributed by atoms with van der Waals surface area (Å²) in [6.07, 6.45) is 1.68. The van der Waals surface area contributed by atoms with Crippen molar-refractivity contribution < 1.29 is 0 Å². The number of hydrogen-bond acceptors (Lipinski definition) is 4. The molecule has 4 aromatic rings. The van der Waals surface area contributed by atoms with Gasteiger partial charge in [0.15, 0.2) is 11.2 Å². The van der Waals surface area contributed by atoms with E-state index in [0.717, 1.165) is 16.8 Å². The van der Waals surface area contributed by atoms with Crippen molar-refractivity contribution in [2.75, 3.05) is 12.4 Å². The predicted molar refractivity (Wildman–Crippen MR) is 117 cm³/mol. The lowest BCUT2D eigenvalue weighted by molar-refractivity contribution is 0.590. The molecule has 0 spiro atoms. The number of rotatable bonds is 4. The van der Waals surface area contributed by atoms with Crippen molar-refractivity contribution in [3.63, 3.8) is 0 Å². The first-order valence-corrected chi connectivity index (χ1v) is 9.68. The summed E-state index contributed by atoms with van der Waals surface area (Å²) in [6, 6.07) is 16.2. The fourth-order valence-corrected chi connectivity index (χ4v) is 3.37. The van der Waals surface area contributed by atoms with Crippen molar-refractivity contribution in [2.24, 2.45) is 0 Å². The van der Waals surface area contributed by atoms with E-state index in [9.17, 15) is 4.79 Å². The van der Waals surface area contributed by atoms with Crippen molar-refractivity contribution in [3.8, 4) is 11.4 Å². The molecular formula is C23H25N5O. The third-order valence-corrected chi connectivity index (χ3v) is 5.08.